The molecule has 0 saturated heterocycles. The highest BCUT2D eigenvalue weighted by Crippen LogP contribution is 2.50. The SMILES string of the molecule is c1ccc(-c2nc(-n3c4ccccc4c4c5ccc6sc7ccccc7c6c5c5c6ccccc6n(-c6ccccc6)c5c43)nc3ccccc23)cc1. The Balaban J connectivity index is 1.39. The summed E-state index contributed by atoms with van der Waals surface area (Å²) in [6.45, 7) is 0. The van der Waals surface area contributed by atoms with Crippen LogP contribution in [0.5, 0.6) is 0 Å². The molecule has 5 heteroatoms. The Kier molecular flexibility index (Phi) is 5.90. The van der Waals surface area contributed by atoms with Gasteiger partial charge < -0.3 is 4.57 Å². The van der Waals surface area contributed by atoms with Gasteiger partial charge in [-0.05, 0) is 47.9 Å². The fourth-order valence-electron chi connectivity index (χ4n) is 8.77. The van der Waals surface area contributed by atoms with Crippen LogP contribution >= 0.6 is 11.3 Å². The monoisotopic (exact) mass is 692 g/mol. The zero-order valence-electron chi connectivity index (χ0n) is 28.4. The van der Waals surface area contributed by atoms with Crippen molar-refractivity contribution in [3.05, 3.63) is 170 Å². The van der Waals surface area contributed by atoms with E-state index in [0.29, 0.717) is 5.95 Å². The van der Waals surface area contributed by atoms with Gasteiger partial charge in [-0.2, -0.15) is 0 Å². The Labute approximate surface area is 307 Å². The maximum absolute atomic E-state index is 5.48. The van der Waals surface area contributed by atoms with Crippen molar-refractivity contribution in [1.29, 1.82) is 0 Å². The topological polar surface area (TPSA) is 35.6 Å². The Morgan fingerprint density at radius 3 is 1.77 bits per heavy atom. The number of hydrogen-bond donors (Lipinski definition) is 0. The van der Waals surface area contributed by atoms with Gasteiger partial charge >= 0.3 is 0 Å². The summed E-state index contributed by atoms with van der Waals surface area (Å²) >= 11 is 1.87. The van der Waals surface area contributed by atoms with Gasteiger partial charge in [0.15, 0.2) is 0 Å². The summed E-state index contributed by atoms with van der Waals surface area (Å²) in [4.78, 5) is 10.9. The normalized spacial score (nSPS) is 12.2. The van der Waals surface area contributed by atoms with E-state index in [1.165, 1.54) is 58.0 Å². The first kappa shape index (κ1) is 28.8. The lowest BCUT2D eigenvalue weighted by Crippen LogP contribution is -2.05. The van der Waals surface area contributed by atoms with Crippen molar-refractivity contribution in [2.45, 2.75) is 0 Å². The molecule has 4 aromatic heterocycles. The Morgan fingerprint density at radius 1 is 0.377 bits per heavy atom. The molecule has 0 aliphatic carbocycles. The summed E-state index contributed by atoms with van der Waals surface area (Å²) in [5.41, 5.74) is 8.50. The van der Waals surface area contributed by atoms with E-state index >= 15 is 0 Å². The molecule has 0 atom stereocenters. The minimum atomic E-state index is 0.654. The molecule has 0 bridgehead atoms. The van der Waals surface area contributed by atoms with Crippen LogP contribution in [0, 0.1) is 0 Å². The average Bonchev–Trinajstić information content (AvgIpc) is 3.89. The molecule has 8 aromatic carbocycles. The fourth-order valence-corrected chi connectivity index (χ4v) is 9.89. The third-order valence-electron chi connectivity index (χ3n) is 10.9. The summed E-state index contributed by atoms with van der Waals surface area (Å²) in [5.74, 6) is 0.654. The van der Waals surface area contributed by atoms with Gasteiger partial charge in [-0.15, -0.1) is 11.3 Å². The molecule has 12 rings (SSSR count). The quantitative estimate of drug-likeness (QED) is 0.185. The van der Waals surface area contributed by atoms with Crippen molar-refractivity contribution in [1.82, 2.24) is 19.1 Å². The van der Waals surface area contributed by atoms with Crippen molar-refractivity contribution >= 4 is 96.8 Å². The predicted octanol–water partition coefficient (Wildman–Crippen LogP) is 13.0. The fraction of sp³-hybridized carbons (Fsp3) is 0. The van der Waals surface area contributed by atoms with E-state index in [-0.39, 0.29) is 0 Å². The zero-order valence-corrected chi connectivity index (χ0v) is 29.2. The van der Waals surface area contributed by atoms with Gasteiger partial charge in [0.25, 0.3) is 0 Å². The third kappa shape index (κ3) is 3.94. The first-order chi connectivity index (χ1) is 26.3. The second-order valence-electron chi connectivity index (χ2n) is 13.7. The summed E-state index contributed by atoms with van der Waals surface area (Å²) in [6, 6.07) is 60.9. The van der Waals surface area contributed by atoms with Crippen molar-refractivity contribution in [3.63, 3.8) is 0 Å². The number of nitrogens with zero attached hydrogens (tertiary/aromatic N) is 4. The Morgan fingerprint density at radius 2 is 0.981 bits per heavy atom. The molecule has 246 valence electrons. The van der Waals surface area contributed by atoms with Gasteiger partial charge in [0.1, 0.15) is 0 Å². The van der Waals surface area contributed by atoms with Crippen LogP contribution in [0.25, 0.3) is 108 Å². The summed E-state index contributed by atoms with van der Waals surface area (Å²) in [5, 5.41) is 11.0. The molecule has 12 aromatic rings. The number of thiophene rings is 1. The molecule has 0 amide bonds. The van der Waals surface area contributed by atoms with Gasteiger partial charge in [-0.25, -0.2) is 9.97 Å². The molecule has 0 aliphatic rings. The van der Waals surface area contributed by atoms with E-state index in [9.17, 15) is 0 Å². The number of fused-ring (bicyclic) bond motifs is 15. The second kappa shape index (κ2) is 10.8. The summed E-state index contributed by atoms with van der Waals surface area (Å²) < 4.78 is 7.40. The van der Waals surface area contributed by atoms with E-state index in [1.807, 2.05) is 11.3 Å². The average molecular weight is 693 g/mol. The smallest absolute Gasteiger partial charge is 0.235 e. The van der Waals surface area contributed by atoms with E-state index in [4.69, 9.17) is 9.97 Å². The van der Waals surface area contributed by atoms with Crippen molar-refractivity contribution in [2.75, 3.05) is 0 Å². The summed E-state index contributed by atoms with van der Waals surface area (Å²) in [6.07, 6.45) is 0. The molecular weight excluding hydrogens is 665 g/mol. The maximum Gasteiger partial charge on any atom is 0.235 e. The highest BCUT2D eigenvalue weighted by atomic mass is 32.1. The number of para-hydroxylation sites is 4. The van der Waals surface area contributed by atoms with Gasteiger partial charge in [0.2, 0.25) is 5.95 Å². The summed E-state index contributed by atoms with van der Waals surface area (Å²) in [7, 11) is 0. The molecule has 0 spiro atoms. The van der Waals surface area contributed by atoms with Crippen LogP contribution in [0.4, 0.5) is 0 Å². The van der Waals surface area contributed by atoms with Crippen molar-refractivity contribution in [2.24, 2.45) is 0 Å². The third-order valence-corrected chi connectivity index (χ3v) is 12.0. The molecule has 0 N–H and O–H groups in total. The molecule has 0 unspecified atom stereocenters. The molecule has 53 heavy (non-hydrogen) atoms. The highest BCUT2D eigenvalue weighted by molar-refractivity contribution is 7.26. The molecule has 0 aliphatic heterocycles. The largest absolute Gasteiger partial charge is 0.307 e. The van der Waals surface area contributed by atoms with Crippen LogP contribution in [0.3, 0.4) is 0 Å². The van der Waals surface area contributed by atoms with Crippen molar-refractivity contribution in [3.8, 4) is 22.9 Å². The molecule has 0 fully saturated rings. The van der Waals surface area contributed by atoms with Gasteiger partial charge in [-0.1, -0.05) is 127 Å². The van der Waals surface area contributed by atoms with Gasteiger partial charge in [0, 0.05) is 63.7 Å². The second-order valence-corrected chi connectivity index (χ2v) is 14.8. The predicted molar refractivity (Wildman–Crippen MR) is 224 cm³/mol. The van der Waals surface area contributed by atoms with Crippen LogP contribution in [0.2, 0.25) is 0 Å². The maximum atomic E-state index is 5.48. The first-order valence-corrected chi connectivity index (χ1v) is 18.8. The molecular formula is C48H28N4S. The molecule has 0 saturated carbocycles. The lowest BCUT2D eigenvalue weighted by Gasteiger charge is -2.15. The molecule has 0 radical (unpaired) electrons. The molecule has 4 heterocycles. The lowest BCUT2D eigenvalue weighted by molar-refractivity contribution is 1.01. The van der Waals surface area contributed by atoms with Crippen LogP contribution in [0.1, 0.15) is 0 Å². The van der Waals surface area contributed by atoms with Crippen LogP contribution in [-0.4, -0.2) is 19.1 Å². The van der Waals surface area contributed by atoms with Crippen molar-refractivity contribution < 1.29 is 0 Å². The van der Waals surface area contributed by atoms with Crippen LogP contribution < -0.4 is 0 Å². The Bertz CT molecular complexity index is 3450. The van der Waals surface area contributed by atoms with E-state index in [0.717, 1.165) is 44.4 Å². The highest BCUT2D eigenvalue weighted by Gasteiger charge is 2.27. The van der Waals surface area contributed by atoms with E-state index in [2.05, 4.69) is 179 Å². The minimum absolute atomic E-state index is 0.654. The van der Waals surface area contributed by atoms with Gasteiger partial charge in [0.05, 0.1) is 33.3 Å². The van der Waals surface area contributed by atoms with Crippen LogP contribution in [0.15, 0.2) is 170 Å². The lowest BCUT2D eigenvalue weighted by atomic mass is 9.95. The zero-order chi connectivity index (χ0) is 34.6. The number of hydrogen-bond acceptors (Lipinski definition) is 3. The molecule has 4 nitrogen and oxygen atoms in total. The standard InChI is InChI=1S/C48H28N4S/c1-3-15-29(16-4-1)45-31-19-7-11-23-36(31)49-48(50-45)52-38-25-13-8-20-32(38)41-35-27-28-40-42(34-22-10-14-26-39(34)53-40)43(35)44-33-21-9-12-24-37(33)51(47(44)46(41)52)30-17-5-2-6-18-30/h1-28H. The van der Waals surface area contributed by atoms with Crippen LogP contribution in [-0.2, 0) is 0 Å². The first-order valence-electron chi connectivity index (χ1n) is 17.9. The Hall–Kier alpha value is -6.82. The van der Waals surface area contributed by atoms with E-state index < -0.39 is 0 Å². The number of benzene rings is 8. The van der Waals surface area contributed by atoms with E-state index in [1.54, 1.807) is 0 Å². The van der Waals surface area contributed by atoms with Gasteiger partial charge in [-0.3, -0.25) is 4.57 Å². The minimum Gasteiger partial charge on any atom is -0.307 e. The number of aromatic nitrogens is 4. The number of rotatable bonds is 3.